The maximum atomic E-state index is 13.3. The fourth-order valence-electron chi connectivity index (χ4n) is 3.08. The molecule has 0 spiro atoms. The van der Waals surface area contributed by atoms with Gasteiger partial charge in [-0.05, 0) is 86.7 Å². The molecule has 0 saturated heterocycles. The Morgan fingerprint density at radius 1 is 1.12 bits per heavy atom. The van der Waals surface area contributed by atoms with Crippen molar-refractivity contribution in [3.05, 3.63) is 77.1 Å². The van der Waals surface area contributed by atoms with Crippen LogP contribution in [0.4, 0.5) is 10.1 Å². The molecule has 33 heavy (non-hydrogen) atoms. The van der Waals surface area contributed by atoms with Crippen LogP contribution in [0, 0.1) is 5.82 Å². The quantitative estimate of drug-likeness (QED) is 0.329. The van der Waals surface area contributed by atoms with Crippen molar-refractivity contribution >= 4 is 51.6 Å². The fraction of sp³-hybridized carbons (Fsp3) is 0.125. The van der Waals surface area contributed by atoms with Crippen molar-refractivity contribution in [2.45, 2.75) is 20.0 Å². The highest BCUT2D eigenvalue weighted by Gasteiger charge is 2.14. The molecule has 168 valence electrons. The van der Waals surface area contributed by atoms with Crippen LogP contribution in [-0.4, -0.2) is 22.1 Å². The van der Waals surface area contributed by atoms with E-state index < -0.39 is 5.82 Å². The Hall–Kier alpha value is -3.49. The summed E-state index contributed by atoms with van der Waals surface area (Å²) >= 11 is 11.4. The molecule has 1 aromatic heterocycles. The van der Waals surface area contributed by atoms with Gasteiger partial charge in [-0.15, -0.1) is 0 Å². The van der Waals surface area contributed by atoms with E-state index in [1.54, 1.807) is 42.5 Å². The molecule has 0 aliphatic carbocycles. The number of thiocarbonyl (C=S) groups is 1. The Morgan fingerprint density at radius 3 is 2.58 bits per heavy atom. The first-order valence-corrected chi connectivity index (χ1v) is 10.8. The molecule has 0 aliphatic heterocycles. The summed E-state index contributed by atoms with van der Waals surface area (Å²) in [6.07, 6.45) is 0.0484. The number of nitrogens with one attached hydrogen (secondary N) is 2. The van der Waals surface area contributed by atoms with E-state index in [0.717, 1.165) is 0 Å². The summed E-state index contributed by atoms with van der Waals surface area (Å²) < 4.78 is 24.6. The van der Waals surface area contributed by atoms with Gasteiger partial charge >= 0.3 is 0 Å². The first-order chi connectivity index (χ1) is 15.8. The molecule has 1 amide bonds. The molecule has 0 atom stereocenters. The average Bonchev–Trinajstić information content (AvgIpc) is 3.16. The first-order valence-electron chi connectivity index (χ1n) is 10.0. The molecule has 0 saturated carbocycles. The Balaban J connectivity index is 1.44. The van der Waals surface area contributed by atoms with Crippen molar-refractivity contribution < 1.29 is 18.3 Å². The number of anilines is 1. The SMILES string of the molecule is CC(C)Oc1ccc(C(=O)NC(=S)Nc2ccc3oc(-c4ccc(F)cc4Cl)nc3c2)cc1. The second-order valence-electron chi connectivity index (χ2n) is 7.42. The number of aromatic nitrogens is 1. The molecule has 6 nitrogen and oxygen atoms in total. The van der Waals surface area contributed by atoms with Gasteiger partial charge in [0.25, 0.3) is 5.91 Å². The van der Waals surface area contributed by atoms with Gasteiger partial charge in [-0.3, -0.25) is 10.1 Å². The zero-order valence-electron chi connectivity index (χ0n) is 17.7. The number of halogens is 2. The number of benzene rings is 3. The van der Waals surface area contributed by atoms with Gasteiger partial charge in [0.2, 0.25) is 5.89 Å². The summed E-state index contributed by atoms with van der Waals surface area (Å²) in [7, 11) is 0. The van der Waals surface area contributed by atoms with E-state index in [2.05, 4.69) is 15.6 Å². The van der Waals surface area contributed by atoms with Crippen molar-refractivity contribution in [2.24, 2.45) is 0 Å². The van der Waals surface area contributed by atoms with Crippen LogP contribution >= 0.6 is 23.8 Å². The number of carbonyl (C=O) groups excluding carboxylic acids is 1. The topological polar surface area (TPSA) is 76.4 Å². The van der Waals surface area contributed by atoms with Gasteiger partial charge in [0.15, 0.2) is 10.7 Å². The lowest BCUT2D eigenvalue weighted by molar-refractivity contribution is 0.0977. The van der Waals surface area contributed by atoms with Crippen LogP contribution in [-0.2, 0) is 0 Å². The lowest BCUT2D eigenvalue weighted by Gasteiger charge is -2.11. The highest BCUT2D eigenvalue weighted by molar-refractivity contribution is 7.80. The third kappa shape index (κ3) is 5.47. The highest BCUT2D eigenvalue weighted by Crippen LogP contribution is 2.31. The second-order valence-corrected chi connectivity index (χ2v) is 8.24. The Bertz CT molecular complexity index is 1340. The van der Waals surface area contributed by atoms with E-state index in [1.165, 1.54) is 18.2 Å². The van der Waals surface area contributed by atoms with Gasteiger partial charge in [-0.2, -0.15) is 0 Å². The van der Waals surface area contributed by atoms with Crippen molar-refractivity contribution in [1.29, 1.82) is 0 Å². The van der Waals surface area contributed by atoms with Gasteiger partial charge in [0.05, 0.1) is 16.7 Å². The Kier molecular flexibility index (Phi) is 6.57. The van der Waals surface area contributed by atoms with Crippen LogP contribution < -0.4 is 15.4 Å². The normalized spacial score (nSPS) is 10.9. The van der Waals surface area contributed by atoms with Gasteiger partial charge in [0, 0.05) is 11.3 Å². The summed E-state index contributed by atoms with van der Waals surface area (Å²) in [4.78, 5) is 16.9. The van der Waals surface area contributed by atoms with Crippen LogP contribution in [0.2, 0.25) is 5.02 Å². The largest absolute Gasteiger partial charge is 0.491 e. The third-order valence-corrected chi connectivity index (χ3v) is 5.04. The van der Waals surface area contributed by atoms with Gasteiger partial charge in [-0.1, -0.05) is 11.6 Å². The average molecular weight is 484 g/mol. The van der Waals surface area contributed by atoms with Crippen LogP contribution in [0.1, 0.15) is 24.2 Å². The molecule has 2 N–H and O–H groups in total. The number of carbonyl (C=O) groups is 1. The maximum absolute atomic E-state index is 13.3. The highest BCUT2D eigenvalue weighted by atomic mass is 35.5. The molecule has 0 bridgehead atoms. The minimum atomic E-state index is -0.443. The lowest BCUT2D eigenvalue weighted by atomic mass is 10.2. The predicted octanol–water partition coefficient (Wildman–Crippen LogP) is 6.20. The van der Waals surface area contributed by atoms with E-state index in [4.69, 9.17) is 33.0 Å². The van der Waals surface area contributed by atoms with Crippen LogP contribution in [0.15, 0.2) is 65.1 Å². The van der Waals surface area contributed by atoms with Crippen LogP contribution in [0.5, 0.6) is 5.75 Å². The summed E-state index contributed by atoms with van der Waals surface area (Å²) in [5.74, 6) is 0.165. The minimum Gasteiger partial charge on any atom is -0.491 e. The molecule has 9 heteroatoms. The Morgan fingerprint density at radius 2 is 1.88 bits per heavy atom. The summed E-state index contributed by atoms with van der Waals surface area (Å²) in [6, 6.07) is 16.0. The van der Waals surface area contributed by atoms with E-state index in [-0.39, 0.29) is 28.0 Å². The third-order valence-electron chi connectivity index (χ3n) is 4.52. The van der Waals surface area contributed by atoms with Gasteiger partial charge < -0.3 is 14.5 Å². The number of hydrogen-bond donors (Lipinski definition) is 2. The lowest BCUT2D eigenvalue weighted by Crippen LogP contribution is -2.34. The van der Waals surface area contributed by atoms with E-state index in [0.29, 0.717) is 33.7 Å². The van der Waals surface area contributed by atoms with Gasteiger partial charge in [-0.25, -0.2) is 9.37 Å². The number of ether oxygens (including phenoxy) is 1. The number of nitrogens with zero attached hydrogens (tertiary/aromatic N) is 1. The fourth-order valence-corrected chi connectivity index (χ4v) is 3.54. The molecule has 0 radical (unpaired) electrons. The second kappa shape index (κ2) is 9.56. The number of hydrogen-bond acceptors (Lipinski definition) is 5. The predicted molar refractivity (Wildman–Crippen MR) is 130 cm³/mol. The van der Waals surface area contributed by atoms with Crippen molar-refractivity contribution in [3.63, 3.8) is 0 Å². The van der Waals surface area contributed by atoms with E-state index >= 15 is 0 Å². The zero-order chi connectivity index (χ0) is 23.5. The summed E-state index contributed by atoms with van der Waals surface area (Å²) in [5.41, 5.74) is 2.61. The van der Waals surface area contributed by atoms with Crippen molar-refractivity contribution in [1.82, 2.24) is 10.3 Å². The molecule has 0 unspecified atom stereocenters. The molecule has 4 aromatic rings. The molecular weight excluding hydrogens is 465 g/mol. The molecule has 0 fully saturated rings. The van der Waals surface area contributed by atoms with Crippen LogP contribution in [0.3, 0.4) is 0 Å². The monoisotopic (exact) mass is 483 g/mol. The van der Waals surface area contributed by atoms with E-state index in [9.17, 15) is 9.18 Å². The molecule has 0 aliphatic rings. The first kappa shape index (κ1) is 22.7. The summed E-state index contributed by atoms with van der Waals surface area (Å²) in [5, 5.41) is 5.93. The maximum Gasteiger partial charge on any atom is 0.257 e. The minimum absolute atomic E-state index is 0.0484. The van der Waals surface area contributed by atoms with E-state index in [1.807, 2.05) is 13.8 Å². The summed E-state index contributed by atoms with van der Waals surface area (Å²) in [6.45, 7) is 3.86. The standard InChI is InChI=1S/C24H19ClFN3O3S/c1-13(2)31-17-7-3-14(4-8-17)22(30)29-24(33)27-16-6-10-21-20(12-16)28-23(32-21)18-9-5-15(26)11-19(18)25/h3-13H,1-2H3,(H2,27,29,30,33). The smallest absolute Gasteiger partial charge is 0.257 e. The van der Waals surface area contributed by atoms with Crippen molar-refractivity contribution in [3.8, 4) is 17.2 Å². The molecular formula is C24H19ClFN3O3S. The number of rotatable bonds is 5. The zero-order valence-corrected chi connectivity index (χ0v) is 19.3. The number of oxazole rings is 1. The molecule has 4 rings (SSSR count). The number of amides is 1. The Labute approximate surface area is 199 Å². The molecule has 3 aromatic carbocycles. The van der Waals surface area contributed by atoms with Crippen LogP contribution in [0.25, 0.3) is 22.6 Å². The van der Waals surface area contributed by atoms with Crippen molar-refractivity contribution in [2.75, 3.05) is 5.32 Å². The molecule has 1 heterocycles. The number of fused-ring (bicyclic) bond motifs is 1. The van der Waals surface area contributed by atoms with Gasteiger partial charge in [0.1, 0.15) is 17.1 Å².